The van der Waals surface area contributed by atoms with Crippen molar-refractivity contribution in [1.29, 1.82) is 0 Å². The molecule has 0 aliphatic carbocycles. The molecule has 1 N–H and O–H groups in total. The highest BCUT2D eigenvalue weighted by atomic mass is 32.1. The Hall–Kier alpha value is -1.19. The summed E-state index contributed by atoms with van der Waals surface area (Å²) in [5, 5.41) is 5.61. The molecular formula is C15H18FNS. The van der Waals surface area contributed by atoms with Crippen molar-refractivity contribution in [3.05, 3.63) is 58.0 Å². The number of halogens is 1. The van der Waals surface area contributed by atoms with E-state index in [0.29, 0.717) is 12.6 Å². The van der Waals surface area contributed by atoms with Gasteiger partial charge in [0.05, 0.1) is 0 Å². The second kappa shape index (κ2) is 6.66. The van der Waals surface area contributed by atoms with Gasteiger partial charge in [0, 0.05) is 17.5 Å². The van der Waals surface area contributed by atoms with Crippen LogP contribution in [0.15, 0.2) is 41.8 Å². The Morgan fingerprint density at radius 1 is 1.28 bits per heavy atom. The standard InChI is InChI=1S/C15H18FNS/c1-2-5-14(15-8-4-9-18-15)17-11-12-6-3-7-13(16)10-12/h3-4,6-10,14,17H,2,5,11H2,1H3. The summed E-state index contributed by atoms with van der Waals surface area (Å²) in [4.78, 5) is 1.35. The van der Waals surface area contributed by atoms with E-state index in [1.165, 1.54) is 10.9 Å². The van der Waals surface area contributed by atoms with E-state index in [2.05, 4.69) is 29.8 Å². The van der Waals surface area contributed by atoms with Gasteiger partial charge in [-0.3, -0.25) is 0 Å². The van der Waals surface area contributed by atoms with Crippen molar-refractivity contribution >= 4 is 11.3 Å². The second-order valence-electron chi connectivity index (χ2n) is 4.37. The van der Waals surface area contributed by atoms with Crippen LogP contribution in [0, 0.1) is 5.82 Å². The van der Waals surface area contributed by atoms with Crippen molar-refractivity contribution in [1.82, 2.24) is 5.32 Å². The number of hydrogen-bond donors (Lipinski definition) is 1. The monoisotopic (exact) mass is 263 g/mol. The van der Waals surface area contributed by atoms with Crippen molar-refractivity contribution in [2.75, 3.05) is 0 Å². The van der Waals surface area contributed by atoms with E-state index >= 15 is 0 Å². The van der Waals surface area contributed by atoms with E-state index in [9.17, 15) is 4.39 Å². The molecule has 0 aliphatic heterocycles. The average Bonchev–Trinajstić information content (AvgIpc) is 2.88. The van der Waals surface area contributed by atoms with Crippen molar-refractivity contribution in [2.24, 2.45) is 0 Å². The maximum Gasteiger partial charge on any atom is 0.123 e. The highest BCUT2D eigenvalue weighted by Crippen LogP contribution is 2.23. The number of rotatable bonds is 6. The third-order valence-electron chi connectivity index (χ3n) is 2.91. The third-order valence-corrected chi connectivity index (χ3v) is 3.89. The van der Waals surface area contributed by atoms with Crippen LogP contribution in [0.5, 0.6) is 0 Å². The zero-order chi connectivity index (χ0) is 12.8. The average molecular weight is 263 g/mol. The normalized spacial score (nSPS) is 12.6. The Labute approximate surface area is 112 Å². The molecule has 1 aromatic carbocycles. The van der Waals surface area contributed by atoms with Gasteiger partial charge in [-0.05, 0) is 35.6 Å². The van der Waals surface area contributed by atoms with Gasteiger partial charge in [0.1, 0.15) is 5.82 Å². The third kappa shape index (κ3) is 3.65. The van der Waals surface area contributed by atoms with Gasteiger partial charge in [0.15, 0.2) is 0 Å². The first-order valence-electron chi connectivity index (χ1n) is 6.31. The van der Waals surface area contributed by atoms with Crippen LogP contribution >= 0.6 is 11.3 Å². The van der Waals surface area contributed by atoms with Gasteiger partial charge in [-0.2, -0.15) is 0 Å². The fraction of sp³-hybridized carbons (Fsp3) is 0.333. The van der Waals surface area contributed by atoms with Crippen LogP contribution in [0.4, 0.5) is 4.39 Å². The summed E-state index contributed by atoms with van der Waals surface area (Å²) >= 11 is 1.77. The van der Waals surface area contributed by atoms with Crippen LogP contribution in [0.3, 0.4) is 0 Å². The maximum atomic E-state index is 13.1. The smallest absolute Gasteiger partial charge is 0.123 e. The number of hydrogen-bond acceptors (Lipinski definition) is 2. The molecule has 0 amide bonds. The molecular weight excluding hydrogens is 245 g/mol. The van der Waals surface area contributed by atoms with Crippen LogP contribution in [0.25, 0.3) is 0 Å². The van der Waals surface area contributed by atoms with Gasteiger partial charge >= 0.3 is 0 Å². The molecule has 0 saturated heterocycles. The highest BCUT2D eigenvalue weighted by molar-refractivity contribution is 7.10. The van der Waals surface area contributed by atoms with E-state index in [1.807, 2.05) is 6.07 Å². The lowest BCUT2D eigenvalue weighted by molar-refractivity contribution is 0.499. The van der Waals surface area contributed by atoms with Gasteiger partial charge in [-0.15, -0.1) is 11.3 Å². The lowest BCUT2D eigenvalue weighted by atomic mass is 10.1. The van der Waals surface area contributed by atoms with E-state index < -0.39 is 0 Å². The van der Waals surface area contributed by atoms with Gasteiger partial charge < -0.3 is 5.32 Å². The van der Waals surface area contributed by atoms with E-state index in [1.54, 1.807) is 23.5 Å². The molecule has 0 aliphatic rings. The Balaban J connectivity index is 1.98. The molecule has 96 valence electrons. The molecule has 0 saturated carbocycles. The molecule has 0 radical (unpaired) electrons. The molecule has 1 heterocycles. The zero-order valence-electron chi connectivity index (χ0n) is 10.5. The van der Waals surface area contributed by atoms with Crippen LogP contribution in [-0.4, -0.2) is 0 Å². The van der Waals surface area contributed by atoms with Gasteiger partial charge in [-0.1, -0.05) is 31.5 Å². The topological polar surface area (TPSA) is 12.0 Å². The molecule has 0 spiro atoms. The number of nitrogens with one attached hydrogen (secondary N) is 1. The van der Waals surface area contributed by atoms with Crippen molar-refractivity contribution in [3.63, 3.8) is 0 Å². The lowest BCUT2D eigenvalue weighted by Crippen LogP contribution is -2.20. The molecule has 1 nitrogen and oxygen atoms in total. The molecule has 18 heavy (non-hydrogen) atoms. The summed E-state index contributed by atoms with van der Waals surface area (Å²) in [5.74, 6) is -0.169. The molecule has 1 unspecified atom stereocenters. The molecule has 1 aromatic heterocycles. The molecule has 0 bridgehead atoms. The van der Waals surface area contributed by atoms with Crippen LogP contribution in [0.1, 0.15) is 36.2 Å². The van der Waals surface area contributed by atoms with E-state index in [-0.39, 0.29) is 5.82 Å². The first kappa shape index (κ1) is 13.2. The highest BCUT2D eigenvalue weighted by Gasteiger charge is 2.10. The minimum atomic E-state index is -0.169. The van der Waals surface area contributed by atoms with Crippen molar-refractivity contribution < 1.29 is 4.39 Å². The maximum absolute atomic E-state index is 13.1. The summed E-state index contributed by atoms with van der Waals surface area (Å²) in [5.41, 5.74) is 0.993. The summed E-state index contributed by atoms with van der Waals surface area (Å²) in [6.07, 6.45) is 2.24. The summed E-state index contributed by atoms with van der Waals surface area (Å²) in [6, 6.07) is 11.4. The predicted molar refractivity (Wildman–Crippen MR) is 75.2 cm³/mol. The minimum absolute atomic E-state index is 0.169. The van der Waals surface area contributed by atoms with Gasteiger partial charge in [-0.25, -0.2) is 4.39 Å². The number of benzene rings is 1. The summed E-state index contributed by atoms with van der Waals surface area (Å²) in [7, 11) is 0. The summed E-state index contributed by atoms with van der Waals surface area (Å²) < 4.78 is 13.1. The Morgan fingerprint density at radius 2 is 2.17 bits per heavy atom. The molecule has 0 fully saturated rings. The molecule has 2 aromatic rings. The Kier molecular flexibility index (Phi) is 4.90. The van der Waals surface area contributed by atoms with Crippen molar-refractivity contribution in [2.45, 2.75) is 32.4 Å². The SMILES string of the molecule is CCCC(NCc1cccc(F)c1)c1cccs1. The minimum Gasteiger partial charge on any atom is -0.305 e. The first-order chi connectivity index (χ1) is 8.79. The quantitative estimate of drug-likeness (QED) is 0.808. The molecule has 3 heteroatoms. The molecule has 2 rings (SSSR count). The van der Waals surface area contributed by atoms with Gasteiger partial charge in [0.2, 0.25) is 0 Å². The van der Waals surface area contributed by atoms with E-state index in [4.69, 9.17) is 0 Å². The second-order valence-corrected chi connectivity index (χ2v) is 5.35. The predicted octanol–water partition coefficient (Wildman–Crippen LogP) is 4.52. The fourth-order valence-electron chi connectivity index (χ4n) is 2.01. The zero-order valence-corrected chi connectivity index (χ0v) is 11.3. The summed E-state index contributed by atoms with van der Waals surface area (Å²) in [6.45, 7) is 2.89. The Morgan fingerprint density at radius 3 is 2.83 bits per heavy atom. The largest absolute Gasteiger partial charge is 0.305 e. The van der Waals surface area contributed by atoms with E-state index in [0.717, 1.165) is 18.4 Å². The molecule has 1 atom stereocenters. The van der Waals surface area contributed by atoms with Crippen LogP contribution in [-0.2, 0) is 6.54 Å². The van der Waals surface area contributed by atoms with Gasteiger partial charge in [0.25, 0.3) is 0 Å². The Bertz CT molecular complexity index is 467. The van der Waals surface area contributed by atoms with Crippen LogP contribution in [0.2, 0.25) is 0 Å². The lowest BCUT2D eigenvalue weighted by Gasteiger charge is -2.16. The van der Waals surface area contributed by atoms with Crippen molar-refractivity contribution in [3.8, 4) is 0 Å². The van der Waals surface area contributed by atoms with Crippen LogP contribution < -0.4 is 5.32 Å². The number of thiophene rings is 1. The first-order valence-corrected chi connectivity index (χ1v) is 7.18. The fourth-order valence-corrected chi connectivity index (χ4v) is 2.85.